The van der Waals surface area contributed by atoms with E-state index < -0.39 is 0 Å². The Labute approximate surface area is 156 Å². The molecule has 1 N–H and O–H groups in total. The van der Waals surface area contributed by atoms with E-state index in [1.54, 1.807) is 19.4 Å². The highest BCUT2D eigenvalue weighted by molar-refractivity contribution is 5.88. The highest BCUT2D eigenvalue weighted by Crippen LogP contribution is 2.34. The van der Waals surface area contributed by atoms with E-state index in [0.29, 0.717) is 29.2 Å². The van der Waals surface area contributed by atoms with Gasteiger partial charge in [-0.25, -0.2) is 4.39 Å². The number of aromatic nitrogens is 1. The number of hydrogen-bond donors (Lipinski definition) is 1. The van der Waals surface area contributed by atoms with Gasteiger partial charge in [0, 0.05) is 36.4 Å². The fraction of sp³-hybridized carbons (Fsp3) is 0.136. The van der Waals surface area contributed by atoms with Crippen molar-refractivity contribution in [2.45, 2.75) is 13.1 Å². The second-order valence-electron chi connectivity index (χ2n) is 6.30. The summed E-state index contributed by atoms with van der Waals surface area (Å²) >= 11 is 0. The van der Waals surface area contributed by atoms with Crippen molar-refractivity contribution in [2.24, 2.45) is 0 Å². The van der Waals surface area contributed by atoms with Crippen molar-refractivity contribution in [2.75, 3.05) is 7.11 Å². The van der Waals surface area contributed by atoms with Crippen LogP contribution in [0.15, 0.2) is 71.4 Å². The zero-order chi connectivity index (χ0) is 18.6. The standard InChI is InChI=1S/C22H19FN2O2/c1-26-21-9-16(14-25-13-15-4-3-7-24-12-15)8-18-11-20(27-22(18)21)17-5-2-6-19(23)10-17/h2-12,25H,13-14H2,1H3. The molecule has 2 aromatic carbocycles. The maximum atomic E-state index is 13.5. The number of ether oxygens (including phenoxy) is 1. The van der Waals surface area contributed by atoms with Gasteiger partial charge < -0.3 is 14.5 Å². The molecule has 0 aliphatic carbocycles. The molecule has 0 aliphatic rings. The molecule has 0 spiro atoms. The molecule has 2 aromatic heterocycles. The van der Waals surface area contributed by atoms with Gasteiger partial charge in [-0.1, -0.05) is 18.2 Å². The van der Waals surface area contributed by atoms with Gasteiger partial charge in [0.25, 0.3) is 0 Å². The number of hydrogen-bond acceptors (Lipinski definition) is 4. The van der Waals surface area contributed by atoms with Gasteiger partial charge in [-0.15, -0.1) is 0 Å². The molecule has 0 atom stereocenters. The summed E-state index contributed by atoms with van der Waals surface area (Å²) in [7, 11) is 1.62. The lowest BCUT2D eigenvalue weighted by Crippen LogP contribution is -2.12. The average Bonchev–Trinajstić information content (AvgIpc) is 3.12. The average molecular weight is 362 g/mol. The first kappa shape index (κ1) is 17.2. The van der Waals surface area contributed by atoms with Crippen molar-refractivity contribution in [3.05, 3.63) is 83.9 Å². The molecule has 0 bridgehead atoms. The number of benzene rings is 2. The molecule has 136 valence electrons. The van der Waals surface area contributed by atoms with E-state index in [0.717, 1.165) is 23.1 Å². The highest BCUT2D eigenvalue weighted by atomic mass is 19.1. The van der Waals surface area contributed by atoms with Crippen LogP contribution in [0.5, 0.6) is 5.75 Å². The number of nitrogens with zero attached hydrogens (tertiary/aromatic N) is 1. The number of pyridine rings is 1. The molecule has 0 unspecified atom stereocenters. The van der Waals surface area contributed by atoms with Crippen LogP contribution in [0.2, 0.25) is 0 Å². The van der Waals surface area contributed by atoms with Gasteiger partial charge in [-0.05, 0) is 47.5 Å². The van der Waals surface area contributed by atoms with Gasteiger partial charge in [0.15, 0.2) is 11.3 Å². The van der Waals surface area contributed by atoms with Crippen molar-refractivity contribution in [3.8, 4) is 17.1 Å². The van der Waals surface area contributed by atoms with E-state index in [1.807, 2.05) is 36.5 Å². The number of methoxy groups -OCH3 is 1. The van der Waals surface area contributed by atoms with Crippen LogP contribution in [0.25, 0.3) is 22.3 Å². The lowest BCUT2D eigenvalue weighted by Gasteiger charge is -2.07. The Bertz CT molecular complexity index is 1060. The van der Waals surface area contributed by atoms with Crippen molar-refractivity contribution >= 4 is 11.0 Å². The number of furan rings is 1. The number of fused-ring (bicyclic) bond motifs is 1. The molecule has 4 rings (SSSR count). The molecule has 0 fully saturated rings. The first-order valence-electron chi connectivity index (χ1n) is 8.69. The van der Waals surface area contributed by atoms with Crippen LogP contribution in [0.3, 0.4) is 0 Å². The first-order valence-corrected chi connectivity index (χ1v) is 8.69. The van der Waals surface area contributed by atoms with Gasteiger partial charge in [-0.2, -0.15) is 0 Å². The van der Waals surface area contributed by atoms with Crippen LogP contribution >= 0.6 is 0 Å². The van der Waals surface area contributed by atoms with Crippen LogP contribution in [0, 0.1) is 5.82 Å². The van der Waals surface area contributed by atoms with Crippen LogP contribution < -0.4 is 10.1 Å². The van der Waals surface area contributed by atoms with E-state index in [1.165, 1.54) is 12.1 Å². The lowest BCUT2D eigenvalue weighted by atomic mass is 10.1. The van der Waals surface area contributed by atoms with E-state index in [9.17, 15) is 4.39 Å². The Kier molecular flexibility index (Phi) is 4.85. The predicted octanol–water partition coefficient (Wildman–Crippen LogP) is 4.93. The van der Waals surface area contributed by atoms with Crippen molar-refractivity contribution in [1.82, 2.24) is 10.3 Å². The Balaban J connectivity index is 1.59. The summed E-state index contributed by atoms with van der Waals surface area (Å²) in [6.45, 7) is 1.41. The molecule has 0 radical (unpaired) electrons. The third-order valence-corrected chi connectivity index (χ3v) is 4.35. The Hall–Kier alpha value is -3.18. The zero-order valence-corrected chi connectivity index (χ0v) is 14.9. The largest absolute Gasteiger partial charge is 0.493 e. The molecule has 0 amide bonds. The first-order chi connectivity index (χ1) is 13.2. The minimum atomic E-state index is -0.291. The molecule has 4 nitrogen and oxygen atoms in total. The third kappa shape index (κ3) is 3.83. The van der Waals surface area contributed by atoms with Crippen LogP contribution in [0.1, 0.15) is 11.1 Å². The summed E-state index contributed by atoms with van der Waals surface area (Å²) < 4.78 is 25.0. The summed E-state index contributed by atoms with van der Waals surface area (Å²) in [4.78, 5) is 4.12. The molecule has 4 aromatic rings. The van der Waals surface area contributed by atoms with E-state index >= 15 is 0 Å². The molecular formula is C22H19FN2O2. The summed E-state index contributed by atoms with van der Waals surface area (Å²) in [5.74, 6) is 0.983. The van der Waals surface area contributed by atoms with E-state index in [4.69, 9.17) is 9.15 Å². The van der Waals surface area contributed by atoms with E-state index in [-0.39, 0.29) is 5.82 Å². The van der Waals surface area contributed by atoms with E-state index in [2.05, 4.69) is 16.4 Å². The minimum Gasteiger partial charge on any atom is -0.493 e. The maximum absolute atomic E-state index is 13.5. The molecular weight excluding hydrogens is 343 g/mol. The van der Waals surface area contributed by atoms with Crippen LogP contribution in [-0.2, 0) is 13.1 Å². The molecule has 2 heterocycles. The lowest BCUT2D eigenvalue weighted by molar-refractivity contribution is 0.410. The fourth-order valence-electron chi connectivity index (χ4n) is 3.07. The highest BCUT2D eigenvalue weighted by Gasteiger charge is 2.13. The number of nitrogens with one attached hydrogen (secondary N) is 1. The van der Waals surface area contributed by atoms with Gasteiger partial charge in [0.2, 0.25) is 0 Å². The maximum Gasteiger partial charge on any atom is 0.176 e. The second-order valence-corrected chi connectivity index (χ2v) is 6.30. The number of halogens is 1. The Morgan fingerprint density at radius 2 is 1.93 bits per heavy atom. The van der Waals surface area contributed by atoms with Crippen molar-refractivity contribution in [3.63, 3.8) is 0 Å². The Morgan fingerprint density at radius 1 is 1.04 bits per heavy atom. The van der Waals surface area contributed by atoms with Gasteiger partial charge in [0.1, 0.15) is 11.6 Å². The summed E-state index contributed by atoms with van der Waals surface area (Å²) in [5, 5.41) is 4.33. The summed E-state index contributed by atoms with van der Waals surface area (Å²) in [6, 6.07) is 16.2. The molecule has 5 heteroatoms. The molecule has 0 saturated carbocycles. The second kappa shape index (κ2) is 7.60. The fourth-order valence-corrected chi connectivity index (χ4v) is 3.07. The predicted molar refractivity (Wildman–Crippen MR) is 103 cm³/mol. The van der Waals surface area contributed by atoms with Crippen molar-refractivity contribution < 1.29 is 13.5 Å². The smallest absolute Gasteiger partial charge is 0.176 e. The summed E-state index contributed by atoms with van der Waals surface area (Å²) in [5.41, 5.74) is 3.56. The summed E-state index contributed by atoms with van der Waals surface area (Å²) in [6.07, 6.45) is 3.61. The minimum absolute atomic E-state index is 0.291. The number of rotatable bonds is 6. The SMILES string of the molecule is COc1cc(CNCc2cccnc2)cc2cc(-c3cccc(F)c3)oc12. The topological polar surface area (TPSA) is 47.3 Å². The Morgan fingerprint density at radius 3 is 2.70 bits per heavy atom. The normalized spacial score (nSPS) is 11.0. The van der Waals surface area contributed by atoms with Gasteiger partial charge in [0.05, 0.1) is 7.11 Å². The molecule has 0 saturated heterocycles. The monoisotopic (exact) mass is 362 g/mol. The zero-order valence-electron chi connectivity index (χ0n) is 14.9. The molecule has 27 heavy (non-hydrogen) atoms. The van der Waals surface area contributed by atoms with Gasteiger partial charge in [-0.3, -0.25) is 4.98 Å². The van der Waals surface area contributed by atoms with Crippen LogP contribution in [-0.4, -0.2) is 12.1 Å². The third-order valence-electron chi connectivity index (χ3n) is 4.35. The molecule has 0 aliphatic heterocycles. The van der Waals surface area contributed by atoms with Crippen LogP contribution in [0.4, 0.5) is 4.39 Å². The quantitative estimate of drug-likeness (QED) is 0.528. The van der Waals surface area contributed by atoms with Crippen molar-refractivity contribution in [1.29, 1.82) is 0 Å². The van der Waals surface area contributed by atoms with Gasteiger partial charge >= 0.3 is 0 Å².